The first-order valence-corrected chi connectivity index (χ1v) is 7.45. The van der Waals surface area contributed by atoms with E-state index in [0.717, 1.165) is 19.6 Å². The molecule has 1 saturated heterocycles. The van der Waals surface area contributed by atoms with E-state index in [1.165, 1.54) is 6.42 Å². The maximum absolute atomic E-state index is 11.9. The van der Waals surface area contributed by atoms with E-state index >= 15 is 0 Å². The van der Waals surface area contributed by atoms with Crippen molar-refractivity contribution in [2.24, 2.45) is 17.8 Å². The fourth-order valence-corrected chi connectivity index (χ4v) is 2.60. The monoisotopic (exact) mass is 254 g/mol. The zero-order chi connectivity index (χ0) is 13.7. The molecule has 1 heterocycles. The first kappa shape index (κ1) is 15.5. The van der Waals surface area contributed by atoms with Crippen molar-refractivity contribution >= 4 is 5.91 Å². The van der Waals surface area contributed by atoms with Gasteiger partial charge in [-0.25, -0.2) is 0 Å². The first-order valence-electron chi connectivity index (χ1n) is 7.45. The largest absolute Gasteiger partial charge is 0.341 e. The molecule has 0 saturated carbocycles. The summed E-state index contributed by atoms with van der Waals surface area (Å²) in [4.78, 5) is 14.0. The third kappa shape index (κ3) is 4.60. The molecule has 1 aliphatic rings. The van der Waals surface area contributed by atoms with Crippen molar-refractivity contribution in [2.45, 2.75) is 53.5 Å². The molecule has 2 unspecified atom stereocenters. The van der Waals surface area contributed by atoms with Gasteiger partial charge in [-0.2, -0.15) is 0 Å². The Morgan fingerprint density at radius 1 is 1.28 bits per heavy atom. The Labute approximate surface area is 112 Å². The predicted molar refractivity (Wildman–Crippen MR) is 76.4 cm³/mol. The lowest BCUT2D eigenvalue weighted by Gasteiger charge is -2.40. The van der Waals surface area contributed by atoms with Gasteiger partial charge in [0.05, 0.1) is 0 Å². The Hall–Kier alpha value is -0.570. The molecule has 1 fully saturated rings. The molecule has 0 spiro atoms. The second-order valence-corrected chi connectivity index (χ2v) is 6.39. The van der Waals surface area contributed by atoms with Crippen LogP contribution in [0.2, 0.25) is 0 Å². The van der Waals surface area contributed by atoms with Crippen LogP contribution in [-0.2, 0) is 4.79 Å². The van der Waals surface area contributed by atoms with Gasteiger partial charge in [0, 0.05) is 25.6 Å². The molecule has 1 aliphatic heterocycles. The van der Waals surface area contributed by atoms with Crippen molar-refractivity contribution in [3.63, 3.8) is 0 Å². The Morgan fingerprint density at radius 3 is 2.44 bits per heavy atom. The highest BCUT2D eigenvalue weighted by atomic mass is 16.2. The summed E-state index contributed by atoms with van der Waals surface area (Å²) in [5.74, 6) is 2.26. The molecule has 1 N–H and O–H groups in total. The number of nitrogens with one attached hydrogen (secondary N) is 1. The van der Waals surface area contributed by atoms with E-state index in [9.17, 15) is 4.79 Å². The standard InChI is InChI=1S/C15H30N2O/c1-6-15(18)17-9-13(12(4)5)7-14(10-17)16-8-11(2)3/h11-14,16H,6-10H2,1-5H3. The summed E-state index contributed by atoms with van der Waals surface area (Å²) < 4.78 is 0. The van der Waals surface area contributed by atoms with Gasteiger partial charge >= 0.3 is 0 Å². The van der Waals surface area contributed by atoms with Crippen molar-refractivity contribution in [3.05, 3.63) is 0 Å². The minimum Gasteiger partial charge on any atom is -0.341 e. The molecular formula is C15H30N2O. The van der Waals surface area contributed by atoms with Crippen molar-refractivity contribution in [1.82, 2.24) is 10.2 Å². The number of piperidine rings is 1. The molecule has 0 radical (unpaired) electrons. The average molecular weight is 254 g/mol. The average Bonchev–Trinajstić information content (AvgIpc) is 2.34. The summed E-state index contributed by atoms with van der Waals surface area (Å²) in [6, 6.07) is 0.476. The van der Waals surface area contributed by atoms with Crippen LogP contribution in [0.15, 0.2) is 0 Å². The maximum atomic E-state index is 11.9. The third-order valence-corrected chi connectivity index (χ3v) is 3.90. The molecule has 0 aromatic carbocycles. The van der Waals surface area contributed by atoms with E-state index in [-0.39, 0.29) is 0 Å². The summed E-state index contributed by atoms with van der Waals surface area (Å²) >= 11 is 0. The number of hydrogen-bond acceptors (Lipinski definition) is 2. The van der Waals surface area contributed by atoms with E-state index in [4.69, 9.17) is 0 Å². The van der Waals surface area contributed by atoms with Crippen molar-refractivity contribution in [1.29, 1.82) is 0 Å². The molecule has 0 aromatic rings. The number of carbonyl (C=O) groups excluding carboxylic acids is 1. The lowest BCUT2D eigenvalue weighted by Crippen LogP contribution is -2.52. The fourth-order valence-electron chi connectivity index (χ4n) is 2.60. The third-order valence-electron chi connectivity index (χ3n) is 3.90. The summed E-state index contributed by atoms with van der Waals surface area (Å²) in [5, 5.41) is 3.62. The topological polar surface area (TPSA) is 32.3 Å². The quantitative estimate of drug-likeness (QED) is 0.817. The van der Waals surface area contributed by atoms with Crippen molar-refractivity contribution < 1.29 is 4.79 Å². The SMILES string of the molecule is CCC(=O)N1CC(NCC(C)C)CC(C(C)C)C1. The van der Waals surface area contributed by atoms with Crippen LogP contribution in [-0.4, -0.2) is 36.5 Å². The number of rotatable bonds is 5. The second-order valence-electron chi connectivity index (χ2n) is 6.39. The van der Waals surface area contributed by atoms with Crippen LogP contribution in [0.3, 0.4) is 0 Å². The van der Waals surface area contributed by atoms with Crippen LogP contribution >= 0.6 is 0 Å². The summed E-state index contributed by atoms with van der Waals surface area (Å²) in [5.41, 5.74) is 0. The Bertz CT molecular complexity index is 263. The van der Waals surface area contributed by atoms with E-state index in [1.54, 1.807) is 0 Å². The lowest BCUT2D eigenvalue weighted by atomic mass is 9.85. The normalized spacial score (nSPS) is 24.9. The minimum atomic E-state index is 0.302. The number of amides is 1. The Morgan fingerprint density at radius 2 is 1.94 bits per heavy atom. The number of likely N-dealkylation sites (tertiary alicyclic amines) is 1. The summed E-state index contributed by atoms with van der Waals surface area (Å²) in [6.07, 6.45) is 1.83. The van der Waals surface area contributed by atoms with Crippen molar-refractivity contribution in [3.8, 4) is 0 Å². The highest BCUT2D eigenvalue weighted by molar-refractivity contribution is 5.76. The molecule has 0 bridgehead atoms. The molecule has 0 aliphatic carbocycles. The number of nitrogens with zero attached hydrogens (tertiary/aromatic N) is 1. The fraction of sp³-hybridized carbons (Fsp3) is 0.933. The molecule has 3 nitrogen and oxygen atoms in total. The van der Waals surface area contributed by atoms with Gasteiger partial charge in [-0.3, -0.25) is 4.79 Å². The molecule has 106 valence electrons. The van der Waals surface area contributed by atoms with Crippen LogP contribution in [0.25, 0.3) is 0 Å². The van der Waals surface area contributed by atoms with Gasteiger partial charge in [0.15, 0.2) is 0 Å². The van der Waals surface area contributed by atoms with Gasteiger partial charge in [0.2, 0.25) is 5.91 Å². The molecule has 0 aromatic heterocycles. The Kier molecular flexibility index (Phi) is 6.13. The second kappa shape index (κ2) is 7.13. The van der Waals surface area contributed by atoms with Crippen LogP contribution in [0.5, 0.6) is 0 Å². The smallest absolute Gasteiger partial charge is 0.222 e. The zero-order valence-corrected chi connectivity index (χ0v) is 12.7. The number of hydrogen-bond donors (Lipinski definition) is 1. The van der Waals surface area contributed by atoms with Crippen molar-refractivity contribution in [2.75, 3.05) is 19.6 Å². The van der Waals surface area contributed by atoms with Gasteiger partial charge in [-0.1, -0.05) is 34.6 Å². The highest BCUT2D eigenvalue weighted by Crippen LogP contribution is 2.24. The number of carbonyl (C=O) groups is 1. The molecular weight excluding hydrogens is 224 g/mol. The lowest BCUT2D eigenvalue weighted by molar-refractivity contribution is -0.133. The maximum Gasteiger partial charge on any atom is 0.222 e. The molecule has 18 heavy (non-hydrogen) atoms. The van der Waals surface area contributed by atoms with Gasteiger partial charge in [-0.05, 0) is 30.7 Å². The van der Waals surface area contributed by atoms with Crippen LogP contribution < -0.4 is 5.32 Å². The van der Waals surface area contributed by atoms with Crippen LogP contribution in [0.1, 0.15) is 47.5 Å². The van der Waals surface area contributed by atoms with Crippen LogP contribution in [0.4, 0.5) is 0 Å². The molecule has 1 rings (SSSR count). The van der Waals surface area contributed by atoms with E-state index in [1.807, 2.05) is 6.92 Å². The highest BCUT2D eigenvalue weighted by Gasteiger charge is 2.30. The summed E-state index contributed by atoms with van der Waals surface area (Å²) in [6.45, 7) is 13.8. The Balaban J connectivity index is 2.59. The first-order chi connectivity index (χ1) is 8.43. The minimum absolute atomic E-state index is 0.302. The van der Waals surface area contributed by atoms with Gasteiger partial charge in [-0.15, -0.1) is 0 Å². The van der Waals surface area contributed by atoms with E-state index in [0.29, 0.717) is 36.1 Å². The predicted octanol–water partition coefficient (Wildman–Crippen LogP) is 2.52. The molecule has 1 amide bonds. The van der Waals surface area contributed by atoms with E-state index in [2.05, 4.69) is 37.9 Å². The zero-order valence-electron chi connectivity index (χ0n) is 12.7. The van der Waals surface area contributed by atoms with Gasteiger partial charge in [0.25, 0.3) is 0 Å². The molecule has 3 heteroatoms. The summed E-state index contributed by atoms with van der Waals surface area (Å²) in [7, 11) is 0. The van der Waals surface area contributed by atoms with Gasteiger partial charge < -0.3 is 10.2 Å². The van der Waals surface area contributed by atoms with E-state index < -0.39 is 0 Å². The van der Waals surface area contributed by atoms with Gasteiger partial charge in [0.1, 0.15) is 0 Å². The van der Waals surface area contributed by atoms with Crippen LogP contribution in [0, 0.1) is 17.8 Å². The molecule has 2 atom stereocenters.